The van der Waals surface area contributed by atoms with Gasteiger partial charge in [-0.1, -0.05) is 35.2 Å². The molecule has 0 aromatic heterocycles. The van der Waals surface area contributed by atoms with Gasteiger partial charge in [-0.3, -0.25) is 0 Å². The first-order chi connectivity index (χ1) is 14.6. The highest BCUT2D eigenvalue weighted by molar-refractivity contribution is 9.10. The van der Waals surface area contributed by atoms with Crippen molar-refractivity contribution in [2.24, 2.45) is 5.92 Å². The number of hydrogen-bond donors (Lipinski definition) is 0. The second-order valence-corrected chi connectivity index (χ2v) is 10.0. The predicted molar refractivity (Wildman–Crippen MR) is 122 cm³/mol. The molecule has 2 aliphatic heterocycles. The molecule has 1 aromatic rings. The number of amides is 1. The Morgan fingerprint density at radius 3 is 2.63 bits per heavy atom. The van der Waals surface area contributed by atoms with Gasteiger partial charge in [-0.05, 0) is 81.3 Å². The molecule has 2 saturated heterocycles. The second-order valence-electron chi connectivity index (χ2n) is 9.19. The Labute approximate surface area is 189 Å². The third-order valence-corrected chi connectivity index (χ3v) is 7.93. The minimum absolute atomic E-state index is 0.0740. The number of likely N-dealkylation sites (tertiary alicyclic amines) is 1. The van der Waals surface area contributed by atoms with Crippen LogP contribution >= 0.6 is 15.9 Å². The molecule has 0 N–H and O–H groups in total. The topological polar surface area (TPSA) is 42.0 Å². The van der Waals surface area contributed by atoms with E-state index in [0.29, 0.717) is 6.04 Å². The third-order valence-electron chi connectivity index (χ3n) is 7.15. The summed E-state index contributed by atoms with van der Waals surface area (Å²) in [5, 5.41) is 0. The average Bonchev–Trinajstić information content (AvgIpc) is 3.16. The minimum Gasteiger partial charge on any atom is -0.497 e. The molecule has 1 unspecified atom stereocenters. The number of carbonyl (C=O) groups is 1. The fourth-order valence-corrected chi connectivity index (χ4v) is 5.68. The average molecular weight is 479 g/mol. The van der Waals surface area contributed by atoms with Gasteiger partial charge in [0.1, 0.15) is 11.9 Å². The summed E-state index contributed by atoms with van der Waals surface area (Å²) in [6, 6.07) is 6.66. The number of piperidine rings is 1. The third kappa shape index (κ3) is 5.50. The molecular formula is C24H35BrN2O3. The fourth-order valence-electron chi connectivity index (χ4n) is 5.27. The standard InChI is InChI=1S/C24H35BrN2O3/c1-29-21-7-8-23(25)19(16-21)15-18-9-12-26(13-10-18)14-11-22-17-27(24(28)30-22)20-5-3-2-4-6-20/h7-8,16,18,20,22H,2-6,9-15,17H2,1H3. The summed E-state index contributed by atoms with van der Waals surface area (Å²) in [5.74, 6) is 1.65. The van der Waals surface area contributed by atoms with Crippen molar-refractivity contribution >= 4 is 22.0 Å². The number of halogens is 1. The maximum atomic E-state index is 12.3. The van der Waals surface area contributed by atoms with Gasteiger partial charge in [-0.2, -0.15) is 0 Å². The number of hydrogen-bond acceptors (Lipinski definition) is 4. The normalized spacial score (nSPS) is 24.3. The van der Waals surface area contributed by atoms with E-state index in [0.717, 1.165) is 63.5 Å². The van der Waals surface area contributed by atoms with E-state index in [1.165, 1.54) is 42.1 Å². The molecule has 3 aliphatic rings. The highest BCUT2D eigenvalue weighted by Gasteiger charge is 2.36. The molecule has 30 heavy (non-hydrogen) atoms. The Kier molecular flexibility index (Phi) is 7.58. The summed E-state index contributed by atoms with van der Waals surface area (Å²) in [6.45, 7) is 4.11. The van der Waals surface area contributed by atoms with E-state index >= 15 is 0 Å². The zero-order chi connectivity index (χ0) is 20.9. The Bertz CT molecular complexity index is 714. The van der Waals surface area contributed by atoms with Gasteiger partial charge in [0.25, 0.3) is 0 Å². The number of cyclic esters (lactones) is 1. The molecule has 6 heteroatoms. The van der Waals surface area contributed by atoms with Gasteiger partial charge >= 0.3 is 6.09 Å². The smallest absolute Gasteiger partial charge is 0.410 e. The number of rotatable bonds is 7. The van der Waals surface area contributed by atoms with Crippen LogP contribution in [0, 0.1) is 5.92 Å². The molecule has 0 radical (unpaired) electrons. The van der Waals surface area contributed by atoms with E-state index in [4.69, 9.17) is 9.47 Å². The van der Waals surface area contributed by atoms with Crippen LogP contribution in [-0.4, -0.2) is 61.3 Å². The first kappa shape index (κ1) is 21.9. The van der Waals surface area contributed by atoms with Crippen LogP contribution in [0.2, 0.25) is 0 Å². The summed E-state index contributed by atoms with van der Waals surface area (Å²) in [4.78, 5) is 16.9. The van der Waals surface area contributed by atoms with E-state index in [1.807, 2.05) is 11.0 Å². The fraction of sp³-hybridized carbons (Fsp3) is 0.708. The summed E-state index contributed by atoms with van der Waals surface area (Å²) in [5.41, 5.74) is 1.34. The molecular weight excluding hydrogens is 444 g/mol. The molecule has 1 aromatic carbocycles. The summed E-state index contributed by atoms with van der Waals surface area (Å²) in [7, 11) is 1.72. The number of benzene rings is 1. The molecule has 5 nitrogen and oxygen atoms in total. The lowest BCUT2D eigenvalue weighted by Crippen LogP contribution is -2.38. The van der Waals surface area contributed by atoms with Crippen LogP contribution in [0.15, 0.2) is 22.7 Å². The predicted octanol–water partition coefficient (Wildman–Crippen LogP) is 5.26. The van der Waals surface area contributed by atoms with Crippen LogP contribution in [0.3, 0.4) is 0 Å². The number of nitrogens with zero attached hydrogens (tertiary/aromatic N) is 2. The molecule has 166 valence electrons. The Balaban J connectivity index is 1.19. The van der Waals surface area contributed by atoms with Crippen LogP contribution in [0.1, 0.15) is 56.9 Å². The lowest BCUT2D eigenvalue weighted by Gasteiger charge is -2.32. The number of ether oxygens (including phenoxy) is 2. The molecule has 4 rings (SSSR count). The van der Waals surface area contributed by atoms with Crippen molar-refractivity contribution in [1.82, 2.24) is 9.80 Å². The largest absolute Gasteiger partial charge is 0.497 e. The second kappa shape index (κ2) is 10.4. The van der Waals surface area contributed by atoms with E-state index in [9.17, 15) is 4.79 Å². The summed E-state index contributed by atoms with van der Waals surface area (Å²) >= 11 is 3.69. The molecule has 0 spiro atoms. The van der Waals surface area contributed by atoms with Gasteiger partial charge in [0.15, 0.2) is 0 Å². The first-order valence-electron chi connectivity index (χ1n) is 11.6. The van der Waals surface area contributed by atoms with E-state index in [-0.39, 0.29) is 12.2 Å². The molecule has 3 fully saturated rings. The van der Waals surface area contributed by atoms with Gasteiger partial charge in [0.05, 0.1) is 13.7 Å². The Morgan fingerprint density at radius 1 is 1.13 bits per heavy atom. The lowest BCUT2D eigenvalue weighted by atomic mass is 9.90. The van der Waals surface area contributed by atoms with Gasteiger partial charge in [0, 0.05) is 17.1 Å². The van der Waals surface area contributed by atoms with Crippen molar-refractivity contribution in [3.05, 3.63) is 28.2 Å². The van der Waals surface area contributed by atoms with E-state index in [1.54, 1.807) is 7.11 Å². The van der Waals surface area contributed by atoms with E-state index < -0.39 is 0 Å². The van der Waals surface area contributed by atoms with Crippen LogP contribution in [-0.2, 0) is 11.2 Å². The van der Waals surface area contributed by atoms with Crippen molar-refractivity contribution in [3.8, 4) is 5.75 Å². The van der Waals surface area contributed by atoms with Crippen molar-refractivity contribution in [3.63, 3.8) is 0 Å². The number of carbonyl (C=O) groups excluding carboxylic acids is 1. The zero-order valence-corrected chi connectivity index (χ0v) is 19.7. The molecule has 1 saturated carbocycles. The molecule has 1 amide bonds. The highest BCUT2D eigenvalue weighted by Crippen LogP contribution is 2.30. The number of methoxy groups -OCH3 is 1. The van der Waals surface area contributed by atoms with Crippen molar-refractivity contribution in [2.75, 3.05) is 33.3 Å². The van der Waals surface area contributed by atoms with Gasteiger partial charge in [-0.15, -0.1) is 0 Å². The van der Waals surface area contributed by atoms with Crippen molar-refractivity contribution in [1.29, 1.82) is 0 Å². The maximum Gasteiger partial charge on any atom is 0.410 e. The Hall–Kier alpha value is -1.27. The first-order valence-corrected chi connectivity index (χ1v) is 12.4. The molecule has 0 bridgehead atoms. The lowest BCUT2D eigenvalue weighted by molar-refractivity contribution is 0.110. The zero-order valence-electron chi connectivity index (χ0n) is 18.2. The van der Waals surface area contributed by atoms with Gasteiger partial charge in [-0.25, -0.2) is 4.79 Å². The van der Waals surface area contributed by atoms with Gasteiger partial charge < -0.3 is 19.3 Å². The Morgan fingerprint density at radius 2 is 1.90 bits per heavy atom. The highest BCUT2D eigenvalue weighted by atomic mass is 79.9. The minimum atomic E-state index is -0.0746. The van der Waals surface area contributed by atoms with Crippen LogP contribution in [0.25, 0.3) is 0 Å². The summed E-state index contributed by atoms with van der Waals surface area (Å²) < 4.78 is 12.3. The van der Waals surface area contributed by atoms with Crippen LogP contribution in [0.4, 0.5) is 4.79 Å². The SMILES string of the molecule is COc1ccc(Br)c(CC2CCN(CCC3CN(C4CCCCC4)C(=O)O3)CC2)c1. The van der Waals surface area contributed by atoms with Gasteiger partial charge in [0.2, 0.25) is 0 Å². The quantitative estimate of drug-likeness (QED) is 0.536. The maximum absolute atomic E-state index is 12.3. The molecule has 2 heterocycles. The monoisotopic (exact) mass is 478 g/mol. The van der Waals surface area contributed by atoms with Crippen molar-refractivity contribution < 1.29 is 14.3 Å². The van der Waals surface area contributed by atoms with Crippen LogP contribution in [0.5, 0.6) is 5.75 Å². The summed E-state index contributed by atoms with van der Waals surface area (Å²) in [6.07, 6.45) is 10.6. The molecule has 1 atom stereocenters. The van der Waals surface area contributed by atoms with Crippen molar-refractivity contribution in [2.45, 2.75) is 69.9 Å². The molecule has 1 aliphatic carbocycles. The van der Waals surface area contributed by atoms with E-state index in [2.05, 4.69) is 33.0 Å². The van der Waals surface area contributed by atoms with Crippen LogP contribution < -0.4 is 4.74 Å².